The number of ether oxygens (including phenoxy) is 3. The van der Waals surface area contributed by atoms with Gasteiger partial charge in [0.15, 0.2) is 30.0 Å². The van der Waals surface area contributed by atoms with Crippen molar-refractivity contribution >= 4 is 23.3 Å². The van der Waals surface area contributed by atoms with Crippen LogP contribution in [0.15, 0.2) is 42.5 Å². The molecule has 3 rings (SSSR count). The van der Waals surface area contributed by atoms with Crippen molar-refractivity contribution < 1.29 is 33.0 Å². The van der Waals surface area contributed by atoms with Crippen LogP contribution in [0.5, 0.6) is 11.5 Å². The average molecular weight is 415 g/mol. The second kappa shape index (κ2) is 9.87. The van der Waals surface area contributed by atoms with Gasteiger partial charge in [-0.1, -0.05) is 0 Å². The van der Waals surface area contributed by atoms with E-state index in [1.165, 1.54) is 49.6 Å². The maximum absolute atomic E-state index is 12.9. The number of amides is 1. The molecule has 1 N–H and O–H groups in total. The number of nitrogens with one attached hydrogen (secondary N) is 1. The standard InChI is InChI=1S/C22H22FNO6/c1-28-20-12-14(22(27)30-18-5-3-2-4-17(18)25)6-11-19(20)29-13-21(26)24-16-9-7-15(23)8-10-16/h6-12,18H,2-5,13H2,1H3,(H,24,26)/t18-/m0/s1. The maximum Gasteiger partial charge on any atom is 0.338 e. The van der Waals surface area contributed by atoms with Gasteiger partial charge in [-0.25, -0.2) is 9.18 Å². The summed E-state index contributed by atoms with van der Waals surface area (Å²) in [6.07, 6.45) is 1.92. The number of methoxy groups -OCH3 is 1. The highest BCUT2D eigenvalue weighted by Gasteiger charge is 2.26. The Labute approximate surface area is 173 Å². The van der Waals surface area contributed by atoms with Gasteiger partial charge in [-0.05, 0) is 61.7 Å². The van der Waals surface area contributed by atoms with Gasteiger partial charge in [0.2, 0.25) is 0 Å². The van der Waals surface area contributed by atoms with Crippen molar-refractivity contribution in [2.45, 2.75) is 31.8 Å². The third-order valence-corrected chi connectivity index (χ3v) is 4.63. The first-order valence-electron chi connectivity index (χ1n) is 9.56. The molecular weight excluding hydrogens is 393 g/mol. The molecule has 0 bridgehead atoms. The van der Waals surface area contributed by atoms with E-state index >= 15 is 0 Å². The molecule has 0 radical (unpaired) electrons. The summed E-state index contributed by atoms with van der Waals surface area (Å²) in [5, 5.41) is 2.58. The molecule has 1 fully saturated rings. The Balaban J connectivity index is 1.59. The number of halogens is 1. The van der Waals surface area contributed by atoms with Crippen molar-refractivity contribution in [2.24, 2.45) is 0 Å². The SMILES string of the molecule is COc1cc(C(=O)O[C@H]2CCCCC2=O)ccc1OCC(=O)Nc1ccc(F)cc1. The predicted octanol–water partition coefficient (Wildman–Crippen LogP) is 3.52. The molecule has 0 saturated heterocycles. The number of hydrogen-bond donors (Lipinski definition) is 1. The number of esters is 1. The van der Waals surface area contributed by atoms with E-state index in [2.05, 4.69) is 5.32 Å². The molecular formula is C22H22FNO6. The lowest BCUT2D eigenvalue weighted by atomic mass is 9.96. The Bertz CT molecular complexity index is 928. The Morgan fingerprint density at radius 1 is 1.10 bits per heavy atom. The molecule has 0 spiro atoms. The Morgan fingerprint density at radius 3 is 2.57 bits per heavy atom. The number of benzene rings is 2. The summed E-state index contributed by atoms with van der Waals surface area (Å²) >= 11 is 0. The van der Waals surface area contributed by atoms with Crippen molar-refractivity contribution in [3.63, 3.8) is 0 Å². The fourth-order valence-corrected chi connectivity index (χ4v) is 3.06. The van der Waals surface area contributed by atoms with Crippen molar-refractivity contribution in [3.05, 3.63) is 53.8 Å². The van der Waals surface area contributed by atoms with Crippen molar-refractivity contribution in [1.29, 1.82) is 0 Å². The first-order chi connectivity index (χ1) is 14.5. The number of hydrogen-bond acceptors (Lipinski definition) is 6. The molecule has 1 saturated carbocycles. The molecule has 0 heterocycles. The summed E-state index contributed by atoms with van der Waals surface area (Å²) in [5.41, 5.74) is 0.653. The number of anilines is 1. The number of carbonyl (C=O) groups is 3. The van der Waals surface area contributed by atoms with Crippen LogP contribution in [0.3, 0.4) is 0 Å². The van der Waals surface area contributed by atoms with E-state index in [0.29, 0.717) is 18.5 Å². The summed E-state index contributed by atoms with van der Waals surface area (Å²) in [4.78, 5) is 36.2. The lowest BCUT2D eigenvalue weighted by molar-refractivity contribution is -0.129. The normalized spacial score (nSPS) is 15.9. The van der Waals surface area contributed by atoms with Crippen LogP contribution >= 0.6 is 0 Å². The minimum Gasteiger partial charge on any atom is -0.493 e. The third kappa shape index (κ3) is 5.56. The van der Waals surface area contributed by atoms with Crippen LogP contribution in [-0.2, 0) is 14.3 Å². The van der Waals surface area contributed by atoms with Crippen molar-refractivity contribution in [3.8, 4) is 11.5 Å². The van der Waals surface area contributed by atoms with Gasteiger partial charge in [-0.15, -0.1) is 0 Å². The van der Waals surface area contributed by atoms with Crippen LogP contribution in [0, 0.1) is 5.82 Å². The van der Waals surface area contributed by atoms with Crippen LogP contribution in [0.25, 0.3) is 0 Å². The van der Waals surface area contributed by atoms with Crippen molar-refractivity contribution in [1.82, 2.24) is 0 Å². The Morgan fingerprint density at radius 2 is 1.87 bits per heavy atom. The molecule has 30 heavy (non-hydrogen) atoms. The molecule has 0 unspecified atom stereocenters. The Kier molecular flexibility index (Phi) is 7.00. The molecule has 0 aliphatic heterocycles. The van der Waals surface area contributed by atoms with Crippen LogP contribution in [0.1, 0.15) is 36.0 Å². The van der Waals surface area contributed by atoms with Gasteiger partial charge in [0.1, 0.15) is 5.82 Å². The molecule has 0 aromatic heterocycles. The van der Waals surface area contributed by atoms with Gasteiger partial charge in [0.05, 0.1) is 12.7 Å². The summed E-state index contributed by atoms with van der Waals surface area (Å²) in [7, 11) is 1.40. The summed E-state index contributed by atoms with van der Waals surface area (Å²) in [5.74, 6) is -1.02. The number of carbonyl (C=O) groups excluding carboxylic acids is 3. The Hall–Kier alpha value is -3.42. The third-order valence-electron chi connectivity index (χ3n) is 4.63. The summed E-state index contributed by atoms with van der Waals surface area (Å²) in [6.45, 7) is -0.311. The predicted molar refractivity (Wildman–Crippen MR) is 106 cm³/mol. The molecule has 2 aromatic rings. The highest BCUT2D eigenvalue weighted by molar-refractivity contribution is 5.94. The summed E-state index contributed by atoms with van der Waals surface area (Å²) < 4.78 is 29.0. The van der Waals surface area contributed by atoms with E-state index in [1.807, 2.05) is 0 Å². The van der Waals surface area contributed by atoms with Crippen molar-refractivity contribution in [2.75, 3.05) is 19.0 Å². The van der Waals surface area contributed by atoms with E-state index in [9.17, 15) is 18.8 Å². The lowest BCUT2D eigenvalue weighted by Crippen LogP contribution is -2.30. The highest BCUT2D eigenvalue weighted by Crippen LogP contribution is 2.29. The second-order valence-electron chi connectivity index (χ2n) is 6.82. The van der Waals surface area contributed by atoms with E-state index in [1.54, 1.807) is 0 Å². The van der Waals surface area contributed by atoms with E-state index in [0.717, 1.165) is 12.8 Å². The first kappa shape index (κ1) is 21.3. The van der Waals surface area contributed by atoms with E-state index in [-0.39, 0.29) is 29.5 Å². The van der Waals surface area contributed by atoms with Gasteiger partial charge < -0.3 is 19.5 Å². The highest BCUT2D eigenvalue weighted by atomic mass is 19.1. The second-order valence-corrected chi connectivity index (χ2v) is 6.82. The monoisotopic (exact) mass is 415 g/mol. The number of Topliss-reactive ketones (excluding diaryl/α,β-unsaturated/α-hetero) is 1. The summed E-state index contributed by atoms with van der Waals surface area (Å²) in [6, 6.07) is 9.74. The zero-order valence-corrected chi connectivity index (χ0v) is 16.5. The largest absolute Gasteiger partial charge is 0.493 e. The van der Waals surface area contributed by atoms with Crippen LogP contribution in [0.2, 0.25) is 0 Å². The zero-order chi connectivity index (χ0) is 21.5. The van der Waals surface area contributed by atoms with Gasteiger partial charge >= 0.3 is 5.97 Å². The van der Waals surface area contributed by atoms with Gasteiger partial charge in [0, 0.05) is 12.1 Å². The fourth-order valence-electron chi connectivity index (χ4n) is 3.06. The molecule has 1 atom stereocenters. The quantitative estimate of drug-likeness (QED) is 0.696. The van der Waals surface area contributed by atoms with Gasteiger partial charge in [0.25, 0.3) is 5.91 Å². The van der Waals surface area contributed by atoms with Crippen LogP contribution < -0.4 is 14.8 Å². The molecule has 158 valence electrons. The molecule has 7 nitrogen and oxygen atoms in total. The van der Waals surface area contributed by atoms with E-state index < -0.39 is 23.8 Å². The van der Waals surface area contributed by atoms with Crippen LogP contribution in [-0.4, -0.2) is 37.5 Å². The zero-order valence-electron chi connectivity index (χ0n) is 16.5. The smallest absolute Gasteiger partial charge is 0.338 e. The minimum atomic E-state index is -0.705. The fraction of sp³-hybridized carbons (Fsp3) is 0.318. The number of ketones is 1. The maximum atomic E-state index is 12.9. The molecule has 8 heteroatoms. The molecule has 1 aliphatic rings. The first-order valence-corrected chi connectivity index (χ1v) is 9.56. The van der Waals surface area contributed by atoms with Gasteiger partial charge in [-0.2, -0.15) is 0 Å². The van der Waals surface area contributed by atoms with Crippen LogP contribution in [0.4, 0.5) is 10.1 Å². The molecule has 1 aliphatic carbocycles. The van der Waals surface area contributed by atoms with Gasteiger partial charge in [-0.3, -0.25) is 9.59 Å². The topological polar surface area (TPSA) is 90.9 Å². The minimum absolute atomic E-state index is 0.0614. The average Bonchev–Trinajstić information content (AvgIpc) is 2.75. The molecule has 2 aromatic carbocycles. The molecule has 1 amide bonds. The van der Waals surface area contributed by atoms with E-state index in [4.69, 9.17) is 14.2 Å². The lowest BCUT2D eigenvalue weighted by Gasteiger charge is -2.20. The number of rotatable bonds is 7.